The molecule has 2 aromatic carbocycles. The van der Waals surface area contributed by atoms with Crippen LogP contribution in [0, 0.1) is 0 Å². The molecule has 0 unspecified atom stereocenters. The molecule has 0 spiro atoms. The summed E-state index contributed by atoms with van der Waals surface area (Å²) in [6.45, 7) is 3.84. The minimum absolute atomic E-state index is 0.0182. The number of likely N-dealkylation sites (tertiary alicyclic amines) is 1. The van der Waals surface area contributed by atoms with Crippen molar-refractivity contribution in [2.24, 2.45) is 0 Å². The third-order valence-electron chi connectivity index (χ3n) is 7.12. The number of H-pyrrole nitrogens is 1. The lowest BCUT2D eigenvalue weighted by atomic mass is 9.99. The van der Waals surface area contributed by atoms with Crippen LogP contribution in [0.25, 0.3) is 11.0 Å². The van der Waals surface area contributed by atoms with Crippen molar-refractivity contribution in [1.82, 2.24) is 34.7 Å². The zero-order valence-electron chi connectivity index (χ0n) is 19.5. The molecular formula is C26H27N7OS. The molecule has 8 nitrogen and oxygen atoms in total. The Balaban J connectivity index is 1.30. The Morgan fingerprint density at radius 1 is 1.00 bits per heavy atom. The van der Waals surface area contributed by atoms with Crippen LogP contribution < -0.4 is 5.69 Å². The number of aromatic amines is 1. The second kappa shape index (κ2) is 9.24. The van der Waals surface area contributed by atoms with E-state index in [9.17, 15) is 4.79 Å². The van der Waals surface area contributed by atoms with E-state index >= 15 is 0 Å². The Labute approximate surface area is 206 Å². The van der Waals surface area contributed by atoms with Crippen molar-refractivity contribution in [3.8, 4) is 0 Å². The van der Waals surface area contributed by atoms with Crippen molar-refractivity contribution in [2.75, 3.05) is 13.1 Å². The lowest BCUT2D eigenvalue weighted by Crippen LogP contribution is -2.40. The zero-order chi connectivity index (χ0) is 23.8. The van der Waals surface area contributed by atoms with Gasteiger partial charge in [-0.2, -0.15) is 11.3 Å². The van der Waals surface area contributed by atoms with Crippen LogP contribution in [0.15, 0.2) is 76.2 Å². The van der Waals surface area contributed by atoms with E-state index in [-0.39, 0.29) is 23.8 Å². The molecule has 6 rings (SSSR count). The van der Waals surface area contributed by atoms with Crippen LogP contribution in [-0.4, -0.2) is 47.7 Å². The number of imidazole rings is 1. The topological polar surface area (TPSA) is 84.6 Å². The molecule has 1 aliphatic rings. The summed E-state index contributed by atoms with van der Waals surface area (Å²) in [4.78, 5) is 18.2. The molecule has 2 atom stereocenters. The molecule has 5 aromatic rings. The van der Waals surface area contributed by atoms with Gasteiger partial charge in [0.15, 0.2) is 5.82 Å². The van der Waals surface area contributed by atoms with Gasteiger partial charge >= 0.3 is 5.69 Å². The summed E-state index contributed by atoms with van der Waals surface area (Å²) >= 11 is 1.69. The molecule has 1 N–H and O–H groups in total. The average Bonchev–Trinajstić information content (AvgIpc) is 3.65. The summed E-state index contributed by atoms with van der Waals surface area (Å²) in [6.07, 6.45) is 1.77. The van der Waals surface area contributed by atoms with Gasteiger partial charge in [0, 0.05) is 19.1 Å². The summed E-state index contributed by atoms with van der Waals surface area (Å²) in [5.41, 5.74) is 4.22. The third kappa shape index (κ3) is 4.00. The van der Waals surface area contributed by atoms with Crippen LogP contribution in [0.3, 0.4) is 0 Å². The maximum atomic E-state index is 12.7. The predicted molar refractivity (Wildman–Crippen MR) is 137 cm³/mol. The van der Waals surface area contributed by atoms with E-state index in [4.69, 9.17) is 0 Å². The van der Waals surface area contributed by atoms with Gasteiger partial charge in [-0.05, 0) is 70.3 Å². The molecule has 0 saturated carbocycles. The van der Waals surface area contributed by atoms with Gasteiger partial charge in [0.1, 0.15) is 0 Å². The Hall–Kier alpha value is -3.56. The second-order valence-corrected chi connectivity index (χ2v) is 9.89. The Morgan fingerprint density at radius 2 is 1.77 bits per heavy atom. The van der Waals surface area contributed by atoms with Gasteiger partial charge in [-0.3, -0.25) is 9.47 Å². The van der Waals surface area contributed by atoms with E-state index in [0.29, 0.717) is 0 Å². The lowest BCUT2D eigenvalue weighted by Gasteiger charge is -2.37. The van der Waals surface area contributed by atoms with Crippen LogP contribution in [0.1, 0.15) is 54.8 Å². The van der Waals surface area contributed by atoms with E-state index in [1.165, 1.54) is 11.1 Å². The van der Waals surface area contributed by atoms with Crippen LogP contribution in [0.4, 0.5) is 0 Å². The molecule has 0 aliphatic carbocycles. The summed E-state index contributed by atoms with van der Waals surface area (Å²) in [6, 6.07) is 20.6. The number of benzene rings is 2. The fraction of sp³-hybridized carbons (Fsp3) is 0.308. The number of tetrazole rings is 1. The van der Waals surface area contributed by atoms with Gasteiger partial charge in [0.2, 0.25) is 0 Å². The number of nitrogens with one attached hydrogen (secondary N) is 1. The van der Waals surface area contributed by atoms with Crippen molar-refractivity contribution in [1.29, 1.82) is 0 Å². The molecular weight excluding hydrogens is 458 g/mol. The average molecular weight is 486 g/mol. The normalized spacial score (nSPS) is 17.1. The number of thiophene rings is 1. The highest BCUT2D eigenvalue weighted by molar-refractivity contribution is 7.08. The number of para-hydroxylation sites is 2. The highest BCUT2D eigenvalue weighted by Crippen LogP contribution is 2.35. The van der Waals surface area contributed by atoms with Crippen LogP contribution in [0.2, 0.25) is 0 Å². The molecule has 1 saturated heterocycles. The molecule has 9 heteroatoms. The highest BCUT2D eigenvalue weighted by Gasteiger charge is 2.33. The largest absolute Gasteiger partial charge is 0.326 e. The van der Waals surface area contributed by atoms with Gasteiger partial charge in [0.25, 0.3) is 0 Å². The summed E-state index contributed by atoms with van der Waals surface area (Å²) in [7, 11) is 0. The molecule has 35 heavy (non-hydrogen) atoms. The van der Waals surface area contributed by atoms with Crippen molar-refractivity contribution in [3.63, 3.8) is 0 Å². The van der Waals surface area contributed by atoms with Crippen molar-refractivity contribution >= 4 is 22.4 Å². The predicted octanol–water partition coefficient (Wildman–Crippen LogP) is 4.41. The Kier molecular flexibility index (Phi) is 5.79. The smallest absolute Gasteiger partial charge is 0.306 e. The zero-order valence-corrected chi connectivity index (χ0v) is 20.3. The number of hydrogen-bond acceptors (Lipinski definition) is 6. The van der Waals surface area contributed by atoms with Crippen LogP contribution in [-0.2, 0) is 0 Å². The summed E-state index contributed by atoms with van der Waals surface area (Å²) in [5.74, 6) is 0.850. The molecule has 3 aromatic heterocycles. The minimum atomic E-state index is -0.0388. The Bertz CT molecular complexity index is 1460. The molecule has 178 valence electrons. The highest BCUT2D eigenvalue weighted by atomic mass is 32.1. The number of piperidine rings is 1. The van der Waals surface area contributed by atoms with Gasteiger partial charge in [-0.15, -0.1) is 5.10 Å². The first kappa shape index (κ1) is 21.9. The molecule has 0 bridgehead atoms. The lowest BCUT2D eigenvalue weighted by molar-refractivity contribution is 0.146. The quantitative estimate of drug-likeness (QED) is 0.385. The third-order valence-corrected chi connectivity index (χ3v) is 7.83. The first-order valence-corrected chi connectivity index (χ1v) is 12.9. The van der Waals surface area contributed by atoms with Gasteiger partial charge in [-0.1, -0.05) is 42.5 Å². The number of rotatable bonds is 6. The molecule has 1 fully saturated rings. The SMILES string of the molecule is C[C@@H](c1ccccc1)n1nnnc1[C@@H](c1ccsc1)N1CCC(n2c(=O)[nH]c3ccccc32)CC1. The van der Waals surface area contributed by atoms with Crippen LogP contribution in [0.5, 0.6) is 0 Å². The van der Waals surface area contributed by atoms with Crippen molar-refractivity contribution in [3.05, 3.63) is 98.9 Å². The fourth-order valence-corrected chi connectivity index (χ4v) is 6.00. The van der Waals surface area contributed by atoms with Crippen molar-refractivity contribution in [2.45, 2.75) is 37.9 Å². The number of hydrogen-bond donors (Lipinski definition) is 1. The maximum Gasteiger partial charge on any atom is 0.326 e. The molecule has 0 radical (unpaired) electrons. The number of aromatic nitrogens is 6. The standard InChI is InChI=1S/C26H27N7OS/c1-18(19-7-3-2-4-8-19)33-25(28-29-30-33)24(20-13-16-35-17-20)31-14-11-21(12-15-31)32-23-10-6-5-9-22(23)27-26(32)34/h2-10,13,16-18,21,24H,11-12,14-15H2,1H3,(H,27,34)/t18-,24+/m0/s1. The fourth-order valence-electron chi connectivity index (χ4n) is 5.32. The van der Waals surface area contributed by atoms with E-state index in [2.05, 4.69) is 61.3 Å². The Morgan fingerprint density at radius 3 is 2.54 bits per heavy atom. The van der Waals surface area contributed by atoms with E-state index in [1.54, 1.807) is 11.3 Å². The molecule has 0 amide bonds. The van der Waals surface area contributed by atoms with Gasteiger partial charge in [-0.25, -0.2) is 9.48 Å². The van der Waals surface area contributed by atoms with Gasteiger partial charge < -0.3 is 4.98 Å². The first-order chi connectivity index (χ1) is 17.2. The van der Waals surface area contributed by atoms with Crippen molar-refractivity contribution < 1.29 is 0 Å². The van der Waals surface area contributed by atoms with Gasteiger partial charge in [0.05, 0.1) is 23.1 Å². The maximum absolute atomic E-state index is 12.7. The summed E-state index contributed by atoms with van der Waals surface area (Å²) < 4.78 is 3.89. The monoisotopic (exact) mass is 485 g/mol. The second-order valence-electron chi connectivity index (χ2n) is 9.11. The van der Waals surface area contributed by atoms with E-state index < -0.39 is 0 Å². The van der Waals surface area contributed by atoms with E-state index in [1.807, 2.05) is 51.7 Å². The first-order valence-electron chi connectivity index (χ1n) is 12.0. The molecule has 4 heterocycles. The minimum Gasteiger partial charge on any atom is -0.306 e. The van der Waals surface area contributed by atoms with E-state index in [0.717, 1.165) is 42.8 Å². The number of nitrogens with zero attached hydrogens (tertiary/aromatic N) is 6. The number of fused-ring (bicyclic) bond motifs is 1. The summed E-state index contributed by atoms with van der Waals surface area (Å²) in [5, 5.41) is 17.3. The molecule has 1 aliphatic heterocycles. The van der Waals surface area contributed by atoms with Crippen LogP contribution >= 0.6 is 11.3 Å².